The molecular formula is C33H32Br2N8O9. The third kappa shape index (κ3) is 11.3. The minimum absolute atomic E-state index is 0. The van der Waals surface area contributed by atoms with Gasteiger partial charge in [0.15, 0.2) is 23.0 Å². The fraction of sp³-hybridized carbons (Fsp3) is 0.212. The van der Waals surface area contributed by atoms with E-state index in [1.54, 1.807) is 37.4 Å². The van der Waals surface area contributed by atoms with Crippen LogP contribution in [0.25, 0.3) is 4.85 Å². The zero-order valence-corrected chi connectivity index (χ0v) is 30.4. The van der Waals surface area contributed by atoms with Gasteiger partial charge >= 0.3 is 0 Å². The van der Waals surface area contributed by atoms with E-state index in [0.29, 0.717) is 43.1 Å². The first kappa shape index (κ1) is 43.7. The third-order valence-corrected chi connectivity index (χ3v) is 7.40. The fourth-order valence-corrected chi connectivity index (χ4v) is 5.38. The molecule has 0 saturated heterocycles. The number of rotatable bonds is 6. The van der Waals surface area contributed by atoms with Gasteiger partial charge in [-0.25, -0.2) is 16.5 Å². The van der Waals surface area contributed by atoms with Gasteiger partial charge in [-0.2, -0.15) is 10.5 Å². The van der Waals surface area contributed by atoms with Crippen molar-refractivity contribution in [1.29, 1.82) is 10.5 Å². The average molecular weight is 844 g/mol. The number of hydrogen-bond donors (Lipinski definition) is 4. The molecule has 4 aromatic rings. The summed E-state index contributed by atoms with van der Waals surface area (Å²) >= 11 is 6.69. The molecule has 0 bridgehead atoms. The van der Waals surface area contributed by atoms with Crippen molar-refractivity contribution in [2.45, 2.75) is 13.3 Å². The van der Waals surface area contributed by atoms with Gasteiger partial charge in [0.05, 0.1) is 67.6 Å². The smallest absolute Gasteiger partial charge is 0.298 e. The number of allylic oxidation sites excluding steroid dienone is 1. The van der Waals surface area contributed by atoms with E-state index >= 15 is 0 Å². The molecule has 0 radical (unpaired) electrons. The second-order valence-corrected chi connectivity index (χ2v) is 10.9. The summed E-state index contributed by atoms with van der Waals surface area (Å²) in [5, 5.41) is 25.6. The monoisotopic (exact) mass is 842 g/mol. The maximum Gasteiger partial charge on any atom is 0.298 e. The van der Waals surface area contributed by atoms with Crippen LogP contribution in [0, 0.1) is 29.2 Å². The van der Waals surface area contributed by atoms with Crippen LogP contribution in [0.5, 0.6) is 34.8 Å². The van der Waals surface area contributed by atoms with Crippen LogP contribution >= 0.6 is 31.9 Å². The molecule has 0 fully saturated rings. The lowest BCUT2D eigenvalue weighted by atomic mass is 9.85. The first-order valence-corrected chi connectivity index (χ1v) is 15.4. The molecule has 0 saturated carbocycles. The number of aldehydes is 1. The maximum atomic E-state index is 12.4. The number of fused-ring (bicyclic) bond motifs is 1. The van der Waals surface area contributed by atoms with E-state index in [0.717, 1.165) is 18.7 Å². The molecule has 0 spiro atoms. The summed E-state index contributed by atoms with van der Waals surface area (Å²) in [7, 11) is 6.08. The zero-order chi connectivity index (χ0) is 38.1. The summed E-state index contributed by atoms with van der Waals surface area (Å²) in [6, 6.07) is 11.4. The molecular weight excluding hydrogens is 812 g/mol. The molecule has 52 heavy (non-hydrogen) atoms. The normalized spacial score (nSPS) is 11.8. The number of benzene rings is 2. The van der Waals surface area contributed by atoms with Crippen molar-refractivity contribution < 1.29 is 33.6 Å². The predicted molar refractivity (Wildman–Crippen MR) is 194 cm³/mol. The highest BCUT2D eigenvalue weighted by Crippen LogP contribution is 2.44. The number of carbonyl (C=O) groups is 1. The number of aromatic amines is 2. The second kappa shape index (κ2) is 21.7. The van der Waals surface area contributed by atoms with Crippen molar-refractivity contribution >= 4 is 38.1 Å². The minimum Gasteiger partial charge on any atom is -0.493 e. The summed E-state index contributed by atoms with van der Waals surface area (Å²) in [4.78, 5) is 47.9. The zero-order valence-electron chi connectivity index (χ0n) is 27.2. The van der Waals surface area contributed by atoms with E-state index < -0.39 is 11.5 Å². The standard InChI is InChI=1S/C16H13BrN4O4.C9H9BrO3.C4H4N2O2.C3H2N2.CH4/c1-23-10-4-7(3-9(17)13(10)24-2)11-8(5-18)14(19)25-16-12(11)15(22)20-6-21-16;1-12-8-4-6(5-11)3-7(10)9(8)13-2;7-3-1-4(8)6-2-5-3;1-5-3-2-4;/h3-4,6,11H,19H2,1-2H3,(H,20,21,22);3-5H,1-2H3;1-2H,(H2,5,6,7,8);3H2;1H4. The molecule has 2 aromatic carbocycles. The highest BCUT2D eigenvalue weighted by atomic mass is 79.9. The molecule has 5 rings (SSSR count). The molecule has 0 aliphatic carbocycles. The molecule has 1 aliphatic rings. The Morgan fingerprint density at radius 3 is 2.04 bits per heavy atom. The topological polar surface area (TPSA) is 253 Å². The molecule has 3 heterocycles. The number of aromatic hydroxyl groups is 1. The lowest BCUT2D eigenvalue weighted by Gasteiger charge is -2.25. The molecule has 1 aliphatic heterocycles. The number of nitrogens with two attached hydrogens (primary N) is 1. The number of halogens is 2. The Bertz CT molecular complexity index is 2120. The summed E-state index contributed by atoms with van der Waals surface area (Å²) in [5.74, 6) is 1.04. The quantitative estimate of drug-likeness (QED) is 0.118. The van der Waals surface area contributed by atoms with Gasteiger partial charge < -0.3 is 49.3 Å². The highest BCUT2D eigenvalue weighted by Gasteiger charge is 2.35. The van der Waals surface area contributed by atoms with E-state index in [4.69, 9.17) is 46.4 Å². The minimum atomic E-state index is -0.748. The summed E-state index contributed by atoms with van der Waals surface area (Å²) in [5.41, 5.74) is 6.56. The number of hydrogen-bond acceptors (Lipinski definition) is 14. The molecule has 1 atom stereocenters. The third-order valence-electron chi connectivity index (χ3n) is 6.22. The first-order chi connectivity index (χ1) is 24.4. The van der Waals surface area contributed by atoms with E-state index in [2.05, 4.69) is 56.6 Å². The van der Waals surface area contributed by atoms with E-state index in [-0.39, 0.29) is 48.3 Å². The largest absolute Gasteiger partial charge is 0.493 e. The van der Waals surface area contributed by atoms with E-state index in [9.17, 15) is 19.6 Å². The lowest BCUT2D eigenvalue weighted by molar-refractivity contribution is 0.112. The van der Waals surface area contributed by atoms with E-state index in [1.807, 2.05) is 6.07 Å². The Morgan fingerprint density at radius 1 is 0.981 bits per heavy atom. The average Bonchev–Trinajstić information content (AvgIpc) is 3.11. The number of ether oxygens (including phenoxy) is 5. The van der Waals surface area contributed by atoms with Crippen LogP contribution in [0.4, 0.5) is 0 Å². The maximum absolute atomic E-state index is 12.4. The summed E-state index contributed by atoms with van der Waals surface area (Å²) in [6.07, 6.45) is 3.11. The Kier molecular flexibility index (Phi) is 18.2. The van der Waals surface area contributed by atoms with Crippen molar-refractivity contribution in [1.82, 2.24) is 19.9 Å². The first-order valence-electron chi connectivity index (χ1n) is 13.8. The fourth-order valence-electron chi connectivity index (χ4n) is 4.13. The van der Waals surface area contributed by atoms with Gasteiger partial charge in [-0.1, -0.05) is 7.43 Å². The number of nitrogens with zero attached hydrogens (tertiary/aromatic N) is 5. The molecule has 5 N–H and O–H groups in total. The Morgan fingerprint density at radius 2 is 1.58 bits per heavy atom. The van der Waals surface area contributed by atoms with Crippen LogP contribution in [-0.2, 0) is 0 Å². The van der Waals surface area contributed by atoms with Crippen molar-refractivity contribution in [3.05, 3.63) is 112 Å². The Hall–Kier alpha value is -6.36. The number of nitriles is 2. The molecule has 272 valence electrons. The summed E-state index contributed by atoms with van der Waals surface area (Å²) in [6.45, 7) is 5.99. The van der Waals surface area contributed by atoms with Gasteiger partial charge in [0.1, 0.15) is 24.0 Å². The van der Waals surface area contributed by atoms with Crippen molar-refractivity contribution in [3.63, 3.8) is 0 Å². The van der Waals surface area contributed by atoms with Crippen LogP contribution in [0.1, 0.15) is 34.8 Å². The Balaban J connectivity index is 0.000000416. The van der Waals surface area contributed by atoms with Crippen LogP contribution in [0.2, 0.25) is 0 Å². The van der Waals surface area contributed by atoms with Gasteiger partial charge in [-0.15, -0.1) is 0 Å². The highest BCUT2D eigenvalue weighted by molar-refractivity contribution is 9.11. The molecule has 0 amide bonds. The SMILES string of the molecule is C.COc1cc(C2C(C#N)=C(N)Oc3nc[nH]c(=O)c32)cc(Br)c1OC.COc1cc(C=O)cc(Br)c1OC.O=c1cc(O)nc[nH]1.[C-]#[N+]CC#N. The van der Waals surface area contributed by atoms with Gasteiger partial charge in [-0.05, 0) is 61.7 Å². The number of H-pyrrole nitrogens is 2. The van der Waals surface area contributed by atoms with E-state index in [1.165, 1.54) is 27.7 Å². The molecule has 17 nitrogen and oxygen atoms in total. The van der Waals surface area contributed by atoms with Crippen LogP contribution in [-0.4, -0.2) is 66.3 Å². The number of methoxy groups -OCH3 is 4. The molecule has 2 aromatic heterocycles. The number of aromatic nitrogens is 4. The van der Waals surface area contributed by atoms with Crippen molar-refractivity contribution in [2.24, 2.45) is 5.73 Å². The Labute approximate surface area is 314 Å². The van der Waals surface area contributed by atoms with Crippen LogP contribution < -0.4 is 40.5 Å². The summed E-state index contributed by atoms with van der Waals surface area (Å²) < 4.78 is 27.4. The van der Waals surface area contributed by atoms with Gasteiger partial charge in [0.2, 0.25) is 17.6 Å². The van der Waals surface area contributed by atoms with Gasteiger partial charge in [0.25, 0.3) is 17.7 Å². The van der Waals surface area contributed by atoms with Crippen LogP contribution in [0.15, 0.2) is 73.0 Å². The number of carbonyl (C=O) groups excluding carboxylic acids is 1. The van der Waals surface area contributed by atoms with Crippen LogP contribution in [0.3, 0.4) is 0 Å². The number of nitrogens with one attached hydrogen (secondary N) is 2. The van der Waals surface area contributed by atoms with Crippen molar-refractivity contribution in [3.8, 4) is 46.9 Å². The van der Waals surface area contributed by atoms with Crippen molar-refractivity contribution in [2.75, 3.05) is 35.0 Å². The predicted octanol–water partition coefficient (Wildman–Crippen LogP) is 4.59. The van der Waals surface area contributed by atoms with Gasteiger partial charge in [0, 0.05) is 5.56 Å². The van der Waals surface area contributed by atoms with Gasteiger partial charge in [-0.3, -0.25) is 14.4 Å². The lowest BCUT2D eigenvalue weighted by Crippen LogP contribution is -2.28. The molecule has 19 heteroatoms. The molecule has 1 unspecified atom stereocenters. The second-order valence-electron chi connectivity index (χ2n) is 9.21.